The van der Waals surface area contributed by atoms with Crippen LogP contribution in [0.2, 0.25) is 0 Å². The molecule has 1 rings (SSSR count). The summed E-state index contributed by atoms with van der Waals surface area (Å²) in [5, 5.41) is 8.80. The SMILES string of the molecule is Cc1cc(S(=O)(=O)N(C)C(C)C(=O)O)ccc1F. The highest BCUT2D eigenvalue weighted by atomic mass is 32.2. The number of hydrogen-bond acceptors (Lipinski definition) is 3. The molecular weight excluding hydrogens is 261 g/mol. The summed E-state index contributed by atoms with van der Waals surface area (Å²) in [5.74, 6) is -1.76. The molecule has 0 radical (unpaired) electrons. The van der Waals surface area contributed by atoms with Gasteiger partial charge in [-0.25, -0.2) is 12.8 Å². The molecule has 1 atom stereocenters. The highest BCUT2D eigenvalue weighted by Gasteiger charge is 2.29. The lowest BCUT2D eigenvalue weighted by atomic mass is 10.2. The molecule has 18 heavy (non-hydrogen) atoms. The summed E-state index contributed by atoms with van der Waals surface area (Å²) in [6.45, 7) is 2.70. The van der Waals surface area contributed by atoms with Gasteiger partial charge in [0.1, 0.15) is 11.9 Å². The van der Waals surface area contributed by atoms with E-state index in [4.69, 9.17) is 5.11 Å². The van der Waals surface area contributed by atoms with Crippen LogP contribution in [0.15, 0.2) is 23.1 Å². The van der Waals surface area contributed by atoms with Crippen LogP contribution in [0.5, 0.6) is 0 Å². The van der Waals surface area contributed by atoms with Crippen molar-refractivity contribution < 1.29 is 22.7 Å². The van der Waals surface area contributed by atoms with E-state index in [1.54, 1.807) is 0 Å². The number of rotatable bonds is 4. The Labute approximate surface area is 105 Å². The fourth-order valence-corrected chi connectivity index (χ4v) is 2.71. The lowest BCUT2D eigenvalue weighted by Crippen LogP contribution is -2.40. The minimum Gasteiger partial charge on any atom is -0.480 e. The first-order valence-electron chi connectivity index (χ1n) is 5.15. The molecular formula is C11H14FNO4S. The quantitative estimate of drug-likeness (QED) is 0.896. The number of carboxylic acids is 1. The van der Waals surface area contributed by atoms with Gasteiger partial charge in [-0.05, 0) is 37.6 Å². The van der Waals surface area contributed by atoms with Crippen LogP contribution in [0, 0.1) is 12.7 Å². The number of sulfonamides is 1. The Balaban J connectivity index is 3.21. The van der Waals surface area contributed by atoms with E-state index in [1.165, 1.54) is 27.0 Å². The third kappa shape index (κ3) is 2.68. The Bertz CT molecular complexity index is 570. The molecule has 1 N–H and O–H groups in total. The Morgan fingerprint density at radius 2 is 2.00 bits per heavy atom. The van der Waals surface area contributed by atoms with E-state index in [9.17, 15) is 17.6 Å². The second-order valence-corrected chi connectivity index (χ2v) is 5.94. The van der Waals surface area contributed by atoms with Gasteiger partial charge in [0.05, 0.1) is 4.90 Å². The van der Waals surface area contributed by atoms with E-state index in [0.717, 1.165) is 16.4 Å². The van der Waals surface area contributed by atoms with E-state index in [0.29, 0.717) is 0 Å². The van der Waals surface area contributed by atoms with Crippen molar-refractivity contribution >= 4 is 16.0 Å². The first-order chi connectivity index (χ1) is 8.17. The molecule has 1 aromatic carbocycles. The molecule has 1 aromatic rings. The molecule has 0 spiro atoms. The molecule has 0 heterocycles. The van der Waals surface area contributed by atoms with Crippen molar-refractivity contribution in [2.45, 2.75) is 24.8 Å². The van der Waals surface area contributed by atoms with Gasteiger partial charge >= 0.3 is 5.97 Å². The molecule has 5 nitrogen and oxygen atoms in total. The van der Waals surface area contributed by atoms with Crippen molar-refractivity contribution in [1.29, 1.82) is 0 Å². The minimum atomic E-state index is -3.94. The highest BCUT2D eigenvalue weighted by Crippen LogP contribution is 2.19. The number of halogens is 1. The number of carbonyl (C=O) groups is 1. The smallest absolute Gasteiger partial charge is 0.321 e. The van der Waals surface area contributed by atoms with Crippen LogP contribution in [0.4, 0.5) is 4.39 Å². The molecule has 0 aromatic heterocycles. The lowest BCUT2D eigenvalue weighted by molar-refractivity contribution is -0.140. The third-order valence-corrected chi connectivity index (χ3v) is 4.63. The number of hydrogen-bond donors (Lipinski definition) is 1. The van der Waals surface area contributed by atoms with Gasteiger partial charge in [-0.15, -0.1) is 0 Å². The van der Waals surface area contributed by atoms with E-state index in [-0.39, 0.29) is 10.5 Å². The standard InChI is InChI=1S/C11H14FNO4S/c1-7-6-9(4-5-10(7)12)18(16,17)13(3)8(2)11(14)15/h4-6,8H,1-3H3,(H,14,15). The Morgan fingerprint density at radius 3 is 2.44 bits per heavy atom. The molecule has 0 saturated heterocycles. The third-order valence-electron chi connectivity index (χ3n) is 2.71. The first kappa shape index (κ1) is 14.6. The Kier molecular flexibility index (Phi) is 4.08. The molecule has 0 bridgehead atoms. The maximum atomic E-state index is 13.1. The fourth-order valence-electron chi connectivity index (χ4n) is 1.31. The van der Waals surface area contributed by atoms with Crippen LogP contribution in [-0.4, -0.2) is 36.9 Å². The van der Waals surface area contributed by atoms with E-state index in [1.807, 2.05) is 0 Å². The lowest BCUT2D eigenvalue weighted by Gasteiger charge is -2.21. The Hall–Kier alpha value is -1.47. The predicted octanol–water partition coefficient (Wildman–Crippen LogP) is 1.23. The van der Waals surface area contributed by atoms with Gasteiger partial charge in [0.15, 0.2) is 0 Å². The van der Waals surface area contributed by atoms with Gasteiger partial charge in [0, 0.05) is 7.05 Å². The van der Waals surface area contributed by atoms with E-state index >= 15 is 0 Å². The summed E-state index contributed by atoms with van der Waals surface area (Å²) < 4.78 is 38.0. The summed E-state index contributed by atoms with van der Waals surface area (Å²) in [7, 11) is -2.76. The largest absolute Gasteiger partial charge is 0.480 e. The highest BCUT2D eigenvalue weighted by molar-refractivity contribution is 7.89. The van der Waals surface area contributed by atoms with Gasteiger partial charge in [-0.3, -0.25) is 4.79 Å². The molecule has 100 valence electrons. The summed E-state index contributed by atoms with van der Waals surface area (Å²) in [6, 6.07) is 2.14. The van der Waals surface area contributed by atoms with Crippen molar-refractivity contribution in [1.82, 2.24) is 4.31 Å². The van der Waals surface area contributed by atoms with Crippen molar-refractivity contribution in [3.05, 3.63) is 29.6 Å². The average Bonchev–Trinajstić information content (AvgIpc) is 2.30. The van der Waals surface area contributed by atoms with Crippen LogP contribution in [0.3, 0.4) is 0 Å². The monoisotopic (exact) mass is 275 g/mol. The number of benzene rings is 1. The van der Waals surface area contributed by atoms with Crippen LogP contribution >= 0.6 is 0 Å². The maximum absolute atomic E-state index is 13.1. The normalized spacial score (nSPS) is 13.6. The Morgan fingerprint density at radius 1 is 1.44 bits per heavy atom. The molecule has 0 amide bonds. The van der Waals surface area contributed by atoms with Crippen LogP contribution < -0.4 is 0 Å². The number of carboxylic acid groups (broad SMARTS) is 1. The minimum absolute atomic E-state index is 0.128. The van der Waals surface area contributed by atoms with Crippen molar-refractivity contribution in [2.24, 2.45) is 0 Å². The van der Waals surface area contributed by atoms with E-state index in [2.05, 4.69) is 0 Å². The number of nitrogens with zero attached hydrogens (tertiary/aromatic N) is 1. The molecule has 0 saturated carbocycles. The number of aryl methyl sites for hydroxylation is 1. The van der Waals surface area contributed by atoms with Crippen molar-refractivity contribution in [2.75, 3.05) is 7.05 Å². The summed E-state index contributed by atoms with van der Waals surface area (Å²) >= 11 is 0. The van der Waals surface area contributed by atoms with Gasteiger partial charge < -0.3 is 5.11 Å². The average molecular weight is 275 g/mol. The first-order valence-corrected chi connectivity index (χ1v) is 6.59. The molecule has 7 heteroatoms. The van der Waals surface area contributed by atoms with Gasteiger partial charge in [-0.2, -0.15) is 4.31 Å². The van der Waals surface area contributed by atoms with Crippen molar-refractivity contribution in [3.63, 3.8) is 0 Å². The van der Waals surface area contributed by atoms with E-state index < -0.39 is 27.9 Å². The zero-order valence-corrected chi connectivity index (χ0v) is 11.0. The topological polar surface area (TPSA) is 74.7 Å². The zero-order chi connectivity index (χ0) is 14.1. The van der Waals surface area contributed by atoms with Crippen molar-refractivity contribution in [3.8, 4) is 0 Å². The second kappa shape index (κ2) is 5.03. The van der Waals surface area contributed by atoms with Crippen LogP contribution in [0.25, 0.3) is 0 Å². The number of aliphatic carboxylic acids is 1. The molecule has 1 unspecified atom stereocenters. The summed E-state index contributed by atoms with van der Waals surface area (Å²) in [5.41, 5.74) is 0.187. The predicted molar refractivity (Wildman–Crippen MR) is 63.2 cm³/mol. The molecule has 0 fully saturated rings. The van der Waals surface area contributed by atoms with Gasteiger partial charge in [-0.1, -0.05) is 0 Å². The molecule has 0 aliphatic rings. The summed E-state index contributed by atoms with van der Waals surface area (Å²) in [6.07, 6.45) is 0. The maximum Gasteiger partial charge on any atom is 0.321 e. The second-order valence-electron chi connectivity index (χ2n) is 3.95. The van der Waals surface area contributed by atoms with Gasteiger partial charge in [0.2, 0.25) is 10.0 Å². The van der Waals surface area contributed by atoms with Crippen LogP contribution in [-0.2, 0) is 14.8 Å². The molecule has 0 aliphatic heterocycles. The number of likely N-dealkylation sites (N-methyl/N-ethyl adjacent to an activating group) is 1. The summed E-state index contributed by atoms with van der Waals surface area (Å²) in [4.78, 5) is 10.6. The fraction of sp³-hybridized carbons (Fsp3) is 0.364. The molecule has 0 aliphatic carbocycles. The van der Waals surface area contributed by atoms with Crippen LogP contribution in [0.1, 0.15) is 12.5 Å². The van der Waals surface area contributed by atoms with Gasteiger partial charge in [0.25, 0.3) is 0 Å². The zero-order valence-electron chi connectivity index (χ0n) is 10.2.